The molecule has 0 bridgehead atoms. The number of nitrogens with zero attached hydrogens (tertiary/aromatic N) is 3. The highest BCUT2D eigenvalue weighted by Gasteiger charge is 2.10. The summed E-state index contributed by atoms with van der Waals surface area (Å²) in [4.78, 5) is 4.02. The Hall–Kier alpha value is -1.16. The molecule has 0 fully saturated rings. The summed E-state index contributed by atoms with van der Waals surface area (Å²) in [5.41, 5.74) is 3.62. The van der Waals surface area contributed by atoms with Crippen molar-refractivity contribution in [2.24, 2.45) is 0 Å². The number of hydrogen-bond donors (Lipinski definition) is 0. The average molecular weight is 280 g/mol. The third kappa shape index (κ3) is 2.16. The molecular formula is C12H14BrN3. The molecule has 2 rings (SSSR count). The lowest BCUT2D eigenvalue weighted by molar-refractivity contribution is 0.770. The van der Waals surface area contributed by atoms with Gasteiger partial charge in [0, 0.05) is 29.0 Å². The SMILES string of the molecule is CCCc1c(CBr)cnn1-c1ccncc1. The van der Waals surface area contributed by atoms with Crippen LogP contribution in [0.3, 0.4) is 0 Å². The lowest BCUT2D eigenvalue weighted by Crippen LogP contribution is -2.03. The molecule has 0 unspecified atom stereocenters. The van der Waals surface area contributed by atoms with Crippen LogP contribution in [0.1, 0.15) is 24.6 Å². The Bertz CT molecular complexity index is 451. The van der Waals surface area contributed by atoms with E-state index in [0.717, 1.165) is 23.9 Å². The molecule has 0 atom stereocenters. The summed E-state index contributed by atoms with van der Waals surface area (Å²) < 4.78 is 2.00. The number of aromatic nitrogens is 3. The van der Waals surface area contributed by atoms with Gasteiger partial charge >= 0.3 is 0 Å². The standard InChI is InChI=1S/C12H14BrN3/c1-2-3-12-10(8-13)9-15-16(12)11-4-6-14-7-5-11/h4-7,9H,2-3,8H2,1H3. The minimum Gasteiger partial charge on any atom is -0.265 e. The monoisotopic (exact) mass is 279 g/mol. The van der Waals surface area contributed by atoms with Gasteiger partial charge in [0.05, 0.1) is 11.9 Å². The zero-order chi connectivity index (χ0) is 11.4. The van der Waals surface area contributed by atoms with Crippen LogP contribution in [0.25, 0.3) is 5.69 Å². The summed E-state index contributed by atoms with van der Waals surface area (Å²) in [5, 5.41) is 5.29. The van der Waals surface area contributed by atoms with Crippen molar-refractivity contribution < 1.29 is 0 Å². The first-order valence-electron chi connectivity index (χ1n) is 5.39. The average Bonchev–Trinajstić information content (AvgIpc) is 2.74. The molecule has 0 N–H and O–H groups in total. The molecule has 84 valence electrons. The van der Waals surface area contributed by atoms with Gasteiger partial charge in [0.25, 0.3) is 0 Å². The van der Waals surface area contributed by atoms with Crippen LogP contribution in [0, 0.1) is 0 Å². The second kappa shape index (κ2) is 5.25. The van der Waals surface area contributed by atoms with E-state index in [1.165, 1.54) is 11.3 Å². The van der Waals surface area contributed by atoms with Crippen LogP contribution >= 0.6 is 15.9 Å². The summed E-state index contributed by atoms with van der Waals surface area (Å²) in [7, 11) is 0. The Kier molecular flexibility index (Phi) is 3.72. The highest BCUT2D eigenvalue weighted by molar-refractivity contribution is 9.08. The van der Waals surface area contributed by atoms with Gasteiger partial charge in [-0.15, -0.1) is 0 Å². The molecule has 16 heavy (non-hydrogen) atoms. The maximum absolute atomic E-state index is 4.43. The van der Waals surface area contributed by atoms with Crippen molar-refractivity contribution >= 4 is 15.9 Å². The third-order valence-electron chi connectivity index (χ3n) is 2.49. The summed E-state index contributed by atoms with van der Waals surface area (Å²) in [6.07, 6.45) is 7.68. The normalized spacial score (nSPS) is 10.6. The fraction of sp³-hybridized carbons (Fsp3) is 0.333. The second-order valence-electron chi connectivity index (χ2n) is 3.62. The van der Waals surface area contributed by atoms with E-state index in [2.05, 4.69) is 32.9 Å². The Morgan fingerprint density at radius 1 is 1.31 bits per heavy atom. The van der Waals surface area contributed by atoms with Gasteiger partial charge in [0.15, 0.2) is 0 Å². The number of halogens is 1. The maximum Gasteiger partial charge on any atom is 0.0679 e. The lowest BCUT2D eigenvalue weighted by atomic mass is 10.2. The molecule has 0 radical (unpaired) electrons. The second-order valence-corrected chi connectivity index (χ2v) is 4.18. The zero-order valence-electron chi connectivity index (χ0n) is 9.23. The largest absolute Gasteiger partial charge is 0.265 e. The van der Waals surface area contributed by atoms with E-state index >= 15 is 0 Å². The van der Waals surface area contributed by atoms with E-state index in [9.17, 15) is 0 Å². The fourth-order valence-electron chi connectivity index (χ4n) is 1.73. The molecule has 0 aliphatic carbocycles. The molecule has 0 amide bonds. The molecule has 0 aliphatic rings. The summed E-state index contributed by atoms with van der Waals surface area (Å²) in [6, 6.07) is 3.95. The Morgan fingerprint density at radius 3 is 2.69 bits per heavy atom. The lowest BCUT2D eigenvalue weighted by Gasteiger charge is -2.07. The molecule has 4 heteroatoms. The van der Waals surface area contributed by atoms with Crippen LogP contribution in [-0.4, -0.2) is 14.8 Å². The van der Waals surface area contributed by atoms with Gasteiger partial charge in [0.2, 0.25) is 0 Å². The minimum atomic E-state index is 0.855. The molecule has 2 heterocycles. The van der Waals surface area contributed by atoms with Crippen molar-refractivity contribution in [1.29, 1.82) is 0 Å². The maximum atomic E-state index is 4.43. The van der Waals surface area contributed by atoms with Crippen LogP contribution in [-0.2, 0) is 11.8 Å². The summed E-state index contributed by atoms with van der Waals surface area (Å²) in [5.74, 6) is 0. The molecule has 3 nitrogen and oxygen atoms in total. The smallest absolute Gasteiger partial charge is 0.0679 e. The molecule has 2 aromatic rings. The molecule has 0 aromatic carbocycles. The van der Waals surface area contributed by atoms with Crippen molar-refractivity contribution in [1.82, 2.24) is 14.8 Å². The van der Waals surface area contributed by atoms with Crippen LogP contribution in [0.2, 0.25) is 0 Å². The van der Waals surface area contributed by atoms with Gasteiger partial charge in [-0.25, -0.2) is 4.68 Å². The predicted molar refractivity (Wildman–Crippen MR) is 68.0 cm³/mol. The van der Waals surface area contributed by atoms with Crippen molar-refractivity contribution in [2.75, 3.05) is 0 Å². The van der Waals surface area contributed by atoms with Crippen LogP contribution in [0.15, 0.2) is 30.7 Å². The number of hydrogen-bond acceptors (Lipinski definition) is 2. The van der Waals surface area contributed by atoms with E-state index < -0.39 is 0 Å². The first-order chi connectivity index (χ1) is 7.86. The first kappa shape index (κ1) is 11.3. The van der Waals surface area contributed by atoms with Gasteiger partial charge in [-0.1, -0.05) is 29.3 Å². The van der Waals surface area contributed by atoms with E-state index in [0.29, 0.717) is 0 Å². The summed E-state index contributed by atoms with van der Waals surface area (Å²) >= 11 is 3.50. The Balaban J connectivity index is 2.44. The van der Waals surface area contributed by atoms with Gasteiger partial charge in [-0.05, 0) is 18.6 Å². The van der Waals surface area contributed by atoms with Crippen LogP contribution in [0.5, 0.6) is 0 Å². The van der Waals surface area contributed by atoms with Crippen molar-refractivity contribution in [3.05, 3.63) is 42.0 Å². The van der Waals surface area contributed by atoms with Crippen LogP contribution < -0.4 is 0 Å². The van der Waals surface area contributed by atoms with E-state index in [1.807, 2.05) is 23.0 Å². The number of alkyl halides is 1. The quantitative estimate of drug-likeness (QED) is 0.806. The van der Waals surface area contributed by atoms with Crippen molar-refractivity contribution in [2.45, 2.75) is 25.1 Å². The summed E-state index contributed by atoms with van der Waals surface area (Å²) in [6.45, 7) is 2.18. The Labute approximate surface area is 104 Å². The van der Waals surface area contributed by atoms with Gasteiger partial charge in [-0.3, -0.25) is 4.98 Å². The molecule has 0 saturated heterocycles. The van der Waals surface area contributed by atoms with Gasteiger partial charge < -0.3 is 0 Å². The third-order valence-corrected chi connectivity index (χ3v) is 3.10. The first-order valence-corrected chi connectivity index (χ1v) is 6.51. The zero-order valence-corrected chi connectivity index (χ0v) is 10.8. The van der Waals surface area contributed by atoms with E-state index in [1.54, 1.807) is 12.4 Å². The Morgan fingerprint density at radius 2 is 2.06 bits per heavy atom. The molecular weight excluding hydrogens is 266 g/mol. The predicted octanol–water partition coefficient (Wildman–Crippen LogP) is 3.11. The van der Waals surface area contributed by atoms with E-state index in [-0.39, 0.29) is 0 Å². The van der Waals surface area contributed by atoms with Crippen LogP contribution in [0.4, 0.5) is 0 Å². The number of rotatable bonds is 4. The topological polar surface area (TPSA) is 30.7 Å². The molecule has 0 aliphatic heterocycles. The molecule has 0 spiro atoms. The fourth-order valence-corrected chi connectivity index (χ4v) is 2.20. The van der Waals surface area contributed by atoms with Crippen molar-refractivity contribution in [3.63, 3.8) is 0 Å². The molecule has 2 aromatic heterocycles. The highest BCUT2D eigenvalue weighted by atomic mass is 79.9. The van der Waals surface area contributed by atoms with E-state index in [4.69, 9.17) is 0 Å². The number of pyridine rings is 1. The highest BCUT2D eigenvalue weighted by Crippen LogP contribution is 2.18. The van der Waals surface area contributed by atoms with Gasteiger partial charge in [0.1, 0.15) is 0 Å². The molecule has 0 saturated carbocycles. The minimum absolute atomic E-state index is 0.855. The van der Waals surface area contributed by atoms with Crippen molar-refractivity contribution in [3.8, 4) is 5.69 Å². The van der Waals surface area contributed by atoms with Gasteiger partial charge in [-0.2, -0.15) is 5.10 Å².